The fourth-order valence-corrected chi connectivity index (χ4v) is 2.18. The number of hydrogen-bond acceptors (Lipinski definition) is 1. The maximum Gasteiger partial charge on any atom is 0.0399 e. The molecule has 1 aliphatic rings. The Balaban J connectivity index is 2.14. The summed E-state index contributed by atoms with van der Waals surface area (Å²) >= 11 is 0. The van der Waals surface area contributed by atoms with Gasteiger partial charge in [0.25, 0.3) is 0 Å². The van der Waals surface area contributed by atoms with E-state index in [0.29, 0.717) is 0 Å². The Morgan fingerprint density at radius 1 is 1.36 bits per heavy atom. The van der Waals surface area contributed by atoms with Gasteiger partial charge in [-0.15, -0.1) is 0 Å². The van der Waals surface area contributed by atoms with Crippen LogP contribution in [-0.2, 0) is 6.42 Å². The minimum absolute atomic E-state index is 1.22. The maximum absolute atomic E-state index is 2.53. The second kappa shape index (κ2) is 4.04. The first-order chi connectivity index (χ1) is 6.81. The number of hydrogen-bond donors (Lipinski definition) is 0. The molecule has 76 valence electrons. The summed E-state index contributed by atoms with van der Waals surface area (Å²) in [4.78, 5) is 2.53. The van der Waals surface area contributed by atoms with Gasteiger partial charge in [-0.25, -0.2) is 0 Å². The fourth-order valence-electron chi connectivity index (χ4n) is 2.18. The molecular weight excluding hydrogens is 170 g/mol. The summed E-state index contributed by atoms with van der Waals surface area (Å²) in [5.74, 6) is 0. The summed E-state index contributed by atoms with van der Waals surface area (Å²) in [5.41, 5.74) is 4.41. The second-order valence-electron chi connectivity index (χ2n) is 4.22. The van der Waals surface area contributed by atoms with E-state index >= 15 is 0 Å². The lowest BCUT2D eigenvalue weighted by atomic mass is 10.1. The topological polar surface area (TPSA) is 3.24 Å². The van der Waals surface area contributed by atoms with Gasteiger partial charge in [-0.3, -0.25) is 0 Å². The first kappa shape index (κ1) is 9.57. The highest BCUT2D eigenvalue weighted by molar-refractivity contribution is 5.58. The van der Waals surface area contributed by atoms with Crippen molar-refractivity contribution in [3.05, 3.63) is 29.3 Å². The predicted octanol–water partition coefficient (Wildman–Crippen LogP) is 3.16. The van der Waals surface area contributed by atoms with E-state index in [2.05, 4.69) is 36.9 Å². The van der Waals surface area contributed by atoms with Crippen molar-refractivity contribution in [2.75, 3.05) is 18.0 Å². The Hall–Kier alpha value is -0.980. The molecule has 0 bridgehead atoms. The zero-order chi connectivity index (χ0) is 9.97. The van der Waals surface area contributed by atoms with Crippen LogP contribution in [0.1, 0.15) is 30.9 Å². The summed E-state index contributed by atoms with van der Waals surface area (Å²) in [6.07, 6.45) is 3.84. The van der Waals surface area contributed by atoms with Gasteiger partial charge in [-0.05, 0) is 31.4 Å². The lowest BCUT2D eigenvalue weighted by Crippen LogP contribution is -2.21. The number of aryl methyl sites for hydroxylation is 1. The van der Waals surface area contributed by atoms with E-state index in [0.717, 1.165) is 0 Å². The summed E-state index contributed by atoms with van der Waals surface area (Å²) in [7, 11) is 0. The number of nitrogens with zero attached hydrogens (tertiary/aromatic N) is 1. The standard InChI is InChI=1S/C13H19N/c1-3-4-8-14-9-7-12-10-11(2)5-6-13(12)14/h5-6,10H,3-4,7-9H2,1-2H3. The van der Waals surface area contributed by atoms with Crippen molar-refractivity contribution in [2.24, 2.45) is 0 Å². The molecule has 0 radical (unpaired) electrons. The monoisotopic (exact) mass is 189 g/mol. The second-order valence-corrected chi connectivity index (χ2v) is 4.22. The summed E-state index contributed by atoms with van der Waals surface area (Å²) < 4.78 is 0. The van der Waals surface area contributed by atoms with E-state index in [4.69, 9.17) is 0 Å². The van der Waals surface area contributed by atoms with Crippen LogP contribution in [0.4, 0.5) is 5.69 Å². The molecule has 0 fully saturated rings. The van der Waals surface area contributed by atoms with Gasteiger partial charge in [0.15, 0.2) is 0 Å². The molecule has 0 amide bonds. The minimum atomic E-state index is 1.22. The van der Waals surface area contributed by atoms with Crippen molar-refractivity contribution in [1.82, 2.24) is 0 Å². The number of anilines is 1. The van der Waals surface area contributed by atoms with Crippen LogP contribution in [0.15, 0.2) is 18.2 Å². The third kappa shape index (κ3) is 1.77. The molecule has 0 saturated carbocycles. The van der Waals surface area contributed by atoms with Crippen LogP contribution >= 0.6 is 0 Å². The zero-order valence-electron chi connectivity index (χ0n) is 9.21. The molecule has 1 heteroatoms. The normalized spacial score (nSPS) is 14.6. The Labute approximate surface area is 86.7 Å². The molecule has 1 aromatic rings. The molecule has 0 aliphatic carbocycles. The number of rotatable bonds is 3. The van der Waals surface area contributed by atoms with Gasteiger partial charge in [0, 0.05) is 18.8 Å². The zero-order valence-corrected chi connectivity index (χ0v) is 9.21. The molecule has 1 nitrogen and oxygen atoms in total. The molecule has 1 aromatic carbocycles. The summed E-state index contributed by atoms with van der Waals surface area (Å²) in [6, 6.07) is 6.84. The van der Waals surface area contributed by atoms with Crippen LogP contribution in [0.25, 0.3) is 0 Å². The first-order valence-electron chi connectivity index (χ1n) is 5.65. The van der Waals surface area contributed by atoms with Crippen molar-refractivity contribution >= 4 is 5.69 Å². The number of unbranched alkanes of at least 4 members (excludes halogenated alkanes) is 1. The average Bonchev–Trinajstić information content (AvgIpc) is 2.57. The van der Waals surface area contributed by atoms with E-state index < -0.39 is 0 Å². The van der Waals surface area contributed by atoms with Crippen LogP contribution in [0.5, 0.6) is 0 Å². The lowest BCUT2D eigenvalue weighted by Gasteiger charge is -2.18. The molecule has 0 unspecified atom stereocenters. The van der Waals surface area contributed by atoms with Crippen molar-refractivity contribution in [3.63, 3.8) is 0 Å². The third-order valence-corrected chi connectivity index (χ3v) is 3.01. The first-order valence-corrected chi connectivity index (χ1v) is 5.65. The van der Waals surface area contributed by atoms with E-state index in [1.807, 2.05) is 0 Å². The van der Waals surface area contributed by atoms with E-state index in [9.17, 15) is 0 Å². The van der Waals surface area contributed by atoms with E-state index in [-0.39, 0.29) is 0 Å². The van der Waals surface area contributed by atoms with Crippen molar-refractivity contribution in [1.29, 1.82) is 0 Å². The molecule has 1 aliphatic heterocycles. The number of fused-ring (bicyclic) bond motifs is 1. The van der Waals surface area contributed by atoms with Crippen molar-refractivity contribution in [2.45, 2.75) is 33.1 Å². The molecule has 0 spiro atoms. The molecule has 14 heavy (non-hydrogen) atoms. The maximum atomic E-state index is 2.53. The smallest absolute Gasteiger partial charge is 0.0399 e. The van der Waals surface area contributed by atoms with Gasteiger partial charge in [0.1, 0.15) is 0 Å². The Bertz CT molecular complexity index is 317. The lowest BCUT2D eigenvalue weighted by molar-refractivity contribution is 0.736. The summed E-state index contributed by atoms with van der Waals surface area (Å²) in [5, 5.41) is 0. The van der Waals surface area contributed by atoms with Gasteiger partial charge in [-0.2, -0.15) is 0 Å². The molecule has 0 saturated heterocycles. The molecule has 1 heterocycles. The predicted molar refractivity (Wildman–Crippen MR) is 62.0 cm³/mol. The highest BCUT2D eigenvalue weighted by Gasteiger charge is 2.17. The Morgan fingerprint density at radius 3 is 3.00 bits per heavy atom. The van der Waals surface area contributed by atoms with Crippen LogP contribution in [-0.4, -0.2) is 13.1 Å². The molecule has 0 N–H and O–H groups in total. The van der Waals surface area contributed by atoms with Gasteiger partial charge in [-0.1, -0.05) is 31.0 Å². The van der Waals surface area contributed by atoms with Gasteiger partial charge in [0.05, 0.1) is 0 Å². The largest absolute Gasteiger partial charge is 0.371 e. The average molecular weight is 189 g/mol. The molecule has 0 aromatic heterocycles. The quantitative estimate of drug-likeness (QED) is 0.706. The third-order valence-electron chi connectivity index (χ3n) is 3.01. The minimum Gasteiger partial charge on any atom is -0.371 e. The highest BCUT2D eigenvalue weighted by Crippen LogP contribution is 2.28. The van der Waals surface area contributed by atoms with Gasteiger partial charge < -0.3 is 4.90 Å². The van der Waals surface area contributed by atoms with Crippen molar-refractivity contribution in [3.8, 4) is 0 Å². The fraction of sp³-hybridized carbons (Fsp3) is 0.538. The van der Waals surface area contributed by atoms with E-state index in [1.54, 1.807) is 5.56 Å². The van der Waals surface area contributed by atoms with Gasteiger partial charge >= 0.3 is 0 Å². The molecular formula is C13H19N. The van der Waals surface area contributed by atoms with E-state index in [1.165, 1.54) is 43.6 Å². The Kier molecular flexibility index (Phi) is 2.76. The van der Waals surface area contributed by atoms with Crippen LogP contribution in [0, 0.1) is 6.92 Å². The SMILES string of the molecule is CCCCN1CCc2cc(C)ccc21. The molecule has 0 atom stereocenters. The molecule has 2 rings (SSSR count). The van der Waals surface area contributed by atoms with Gasteiger partial charge in [0.2, 0.25) is 0 Å². The van der Waals surface area contributed by atoms with Crippen LogP contribution < -0.4 is 4.90 Å². The van der Waals surface area contributed by atoms with Crippen molar-refractivity contribution < 1.29 is 0 Å². The van der Waals surface area contributed by atoms with Crippen LogP contribution in [0.3, 0.4) is 0 Å². The Morgan fingerprint density at radius 2 is 2.21 bits per heavy atom. The highest BCUT2D eigenvalue weighted by atomic mass is 15.1. The summed E-state index contributed by atoms with van der Waals surface area (Å²) in [6.45, 7) is 6.88. The number of benzene rings is 1. The van der Waals surface area contributed by atoms with Crippen LogP contribution in [0.2, 0.25) is 0 Å².